The minimum Gasteiger partial charge on any atom is -0.494 e. The fourth-order valence-electron chi connectivity index (χ4n) is 2.41. The number of aromatic nitrogens is 3. The lowest BCUT2D eigenvalue weighted by molar-refractivity contribution is -0.136. The first kappa shape index (κ1) is 18.1. The topological polar surface area (TPSA) is 134 Å². The molecule has 1 heterocycles. The number of ether oxygens (including phenoxy) is 2. The summed E-state index contributed by atoms with van der Waals surface area (Å²) >= 11 is 0. The van der Waals surface area contributed by atoms with Gasteiger partial charge >= 0.3 is 5.97 Å². The predicted octanol–water partition coefficient (Wildman–Crippen LogP) is 3.28. The number of azo groups is 1. The number of hydrogen-bond donors (Lipinski definition) is 3. The number of carbonyl (C=O) groups is 1. The van der Waals surface area contributed by atoms with Crippen molar-refractivity contribution in [3.05, 3.63) is 30.3 Å². The maximum absolute atomic E-state index is 10.6. The van der Waals surface area contributed by atoms with Crippen molar-refractivity contribution < 1.29 is 19.4 Å². The van der Waals surface area contributed by atoms with Crippen LogP contribution < -0.4 is 14.8 Å². The van der Waals surface area contributed by atoms with Crippen molar-refractivity contribution in [3.63, 3.8) is 0 Å². The predicted molar refractivity (Wildman–Crippen MR) is 98.4 cm³/mol. The van der Waals surface area contributed by atoms with E-state index >= 15 is 0 Å². The third kappa shape index (κ3) is 4.29. The van der Waals surface area contributed by atoms with Crippen molar-refractivity contribution in [2.45, 2.75) is 6.42 Å². The second-order valence-corrected chi connectivity index (χ2v) is 5.50. The van der Waals surface area contributed by atoms with E-state index in [1.165, 1.54) is 14.2 Å². The van der Waals surface area contributed by atoms with E-state index in [9.17, 15) is 4.79 Å². The molecular weight excluding hydrogens is 352 g/mol. The van der Waals surface area contributed by atoms with E-state index in [1.807, 2.05) is 0 Å². The average Bonchev–Trinajstić information content (AvgIpc) is 3.13. The standard InChI is InChI=1S/C17H18N6O4/c1-26-14-8-11(18-6-5-16(24)25)9-15(27-2)17(14)22-19-10-3-4-12-13(7-10)21-23-20-12/h3-4,7-9,18H,5-6H2,1-2H3,(H,24,25)(H,20,21,23). The van der Waals surface area contributed by atoms with Gasteiger partial charge in [-0.05, 0) is 18.2 Å². The number of methoxy groups -OCH3 is 2. The summed E-state index contributed by atoms with van der Waals surface area (Å²) in [7, 11) is 3.02. The molecule has 10 heteroatoms. The van der Waals surface area contributed by atoms with Crippen molar-refractivity contribution in [3.8, 4) is 11.5 Å². The maximum Gasteiger partial charge on any atom is 0.305 e. The van der Waals surface area contributed by atoms with Gasteiger partial charge in [-0.25, -0.2) is 0 Å². The number of fused-ring (bicyclic) bond motifs is 1. The molecule has 140 valence electrons. The molecule has 0 aliphatic carbocycles. The molecule has 10 nitrogen and oxygen atoms in total. The van der Waals surface area contributed by atoms with Crippen LogP contribution in [-0.2, 0) is 4.79 Å². The average molecular weight is 370 g/mol. The number of carboxylic acid groups (broad SMARTS) is 1. The van der Waals surface area contributed by atoms with Crippen molar-refractivity contribution >= 4 is 34.1 Å². The van der Waals surface area contributed by atoms with Gasteiger partial charge < -0.3 is 19.9 Å². The molecule has 0 saturated carbocycles. The number of carboxylic acids is 1. The Labute approximate surface area is 154 Å². The quantitative estimate of drug-likeness (QED) is 0.518. The summed E-state index contributed by atoms with van der Waals surface area (Å²) in [6.07, 6.45) is -0.00336. The second kappa shape index (κ2) is 8.13. The highest BCUT2D eigenvalue weighted by atomic mass is 16.5. The first-order chi connectivity index (χ1) is 13.1. The molecule has 27 heavy (non-hydrogen) atoms. The van der Waals surface area contributed by atoms with E-state index in [2.05, 4.69) is 31.0 Å². The van der Waals surface area contributed by atoms with Gasteiger partial charge in [0.2, 0.25) is 0 Å². The van der Waals surface area contributed by atoms with Crippen LogP contribution in [0.15, 0.2) is 40.6 Å². The van der Waals surface area contributed by atoms with Gasteiger partial charge in [-0.2, -0.15) is 20.5 Å². The van der Waals surface area contributed by atoms with Crippen LogP contribution in [0.4, 0.5) is 17.1 Å². The summed E-state index contributed by atoms with van der Waals surface area (Å²) < 4.78 is 10.8. The molecule has 2 aromatic carbocycles. The van der Waals surface area contributed by atoms with E-state index in [0.29, 0.717) is 34.1 Å². The van der Waals surface area contributed by atoms with Gasteiger partial charge in [0.25, 0.3) is 0 Å². The Balaban J connectivity index is 1.87. The monoisotopic (exact) mass is 370 g/mol. The Kier molecular flexibility index (Phi) is 5.45. The molecule has 3 rings (SSSR count). The number of anilines is 1. The van der Waals surface area contributed by atoms with Crippen LogP contribution >= 0.6 is 0 Å². The summed E-state index contributed by atoms with van der Waals surface area (Å²) in [5.74, 6) is 0.00723. The van der Waals surface area contributed by atoms with E-state index in [0.717, 1.165) is 5.52 Å². The van der Waals surface area contributed by atoms with E-state index in [-0.39, 0.29) is 13.0 Å². The van der Waals surface area contributed by atoms with Gasteiger partial charge in [-0.3, -0.25) is 4.79 Å². The van der Waals surface area contributed by atoms with Gasteiger partial charge in [0.05, 0.1) is 26.3 Å². The molecule has 0 bridgehead atoms. The molecular formula is C17H18N6O4. The Morgan fingerprint density at radius 3 is 2.48 bits per heavy atom. The molecule has 0 aliphatic rings. The largest absolute Gasteiger partial charge is 0.494 e. The SMILES string of the molecule is COc1cc(NCCC(=O)O)cc(OC)c1N=Nc1ccc2n[nH]nc2c1. The number of benzene rings is 2. The van der Waals surface area contributed by atoms with Crippen LogP contribution in [0, 0.1) is 0 Å². The zero-order valence-corrected chi connectivity index (χ0v) is 14.8. The highest BCUT2D eigenvalue weighted by Crippen LogP contribution is 2.41. The normalized spacial score (nSPS) is 11.0. The van der Waals surface area contributed by atoms with Crippen LogP contribution in [0.5, 0.6) is 11.5 Å². The number of rotatable bonds is 8. The van der Waals surface area contributed by atoms with Crippen LogP contribution in [0.1, 0.15) is 6.42 Å². The minimum absolute atomic E-state index is 0.00336. The Hall–Kier alpha value is -3.69. The zero-order chi connectivity index (χ0) is 19.2. The number of nitrogens with one attached hydrogen (secondary N) is 2. The highest BCUT2D eigenvalue weighted by Gasteiger charge is 2.13. The van der Waals surface area contributed by atoms with Gasteiger partial charge in [0.1, 0.15) is 11.0 Å². The van der Waals surface area contributed by atoms with E-state index < -0.39 is 5.97 Å². The Morgan fingerprint density at radius 1 is 1.11 bits per heavy atom. The maximum atomic E-state index is 10.6. The Bertz CT molecular complexity index is 959. The third-order valence-corrected chi connectivity index (χ3v) is 3.71. The number of hydrogen-bond acceptors (Lipinski definition) is 8. The molecule has 0 fully saturated rings. The van der Waals surface area contributed by atoms with E-state index in [4.69, 9.17) is 14.6 Å². The van der Waals surface area contributed by atoms with E-state index in [1.54, 1.807) is 30.3 Å². The molecule has 0 amide bonds. The molecule has 0 aliphatic heterocycles. The molecule has 0 saturated heterocycles. The number of aliphatic carboxylic acids is 1. The summed E-state index contributed by atoms with van der Waals surface area (Å²) in [4.78, 5) is 10.6. The fraction of sp³-hybridized carbons (Fsp3) is 0.235. The van der Waals surface area contributed by atoms with Crippen LogP contribution in [0.25, 0.3) is 11.0 Å². The Morgan fingerprint density at radius 2 is 1.81 bits per heavy atom. The minimum atomic E-state index is -0.879. The molecule has 3 aromatic rings. The van der Waals surface area contributed by atoms with Crippen molar-refractivity contribution in [2.75, 3.05) is 26.1 Å². The molecule has 0 radical (unpaired) electrons. The van der Waals surface area contributed by atoms with Gasteiger partial charge in [0, 0.05) is 24.4 Å². The summed E-state index contributed by atoms with van der Waals surface area (Å²) in [5, 5.41) is 30.8. The lowest BCUT2D eigenvalue weighted by Gasteiger charge is -2.13. The number of H-pyrrole nitrogens is 1. The molecule has 0 unspecified atom stereocenters. The summed E-state index contributed by atoms with van der Waals surface area (Å²) in [6.45, 7) is 0.278. The second-order valence-electron chi connectivity index (χ2n) is 5.50. The van der Waals surface area contributed by atoms with Gasteiger partial charge in [-0.1, -0.05) is 0 Å². The first-order valence-electron chi connectivity index (χ1n) is 8.04. The van der Waals surface area contributed by atoms with Crippen LogP contribution in [0.2, 0.25) is 0 Å². The lowest BCUT2D eigenvalue weighted by Crippen LogP contribution is -2.07. The van der Waals surface area contributed by atoms with Gasteiger partial charge in [0.15, 0.2) is 17.2 Å². The van der Waals surface area contributed by atoms with Crippen molar-refractivity contribution in [2.24, 2.45) is 10.2 Å². The van der Waals surface area contributed by atoms with Crippen molar-refractivity contribution in [1.29, 1.82) is 0 Å². The number of aromatic amines is 1. The first-order valence-corrected chi connectivity index (χ1v) is 8.04. The summed E-state index contributed by atoms with van der Waals surface area (Å²) in [5.41, 5.74) is 3.10. The third-order valence-electron chi connectivity index (χ3n) is 3.71. The number of nitrogens with zero attached hydrogens (tertiary/aromatic N) is 4. The molecule has 0 spiro atoms. The summed E-state index contributed by atoms with van der Waals surface area (Å²) in [6, 6.07) is 8.73. The molecule has 1 aromatic heterocycles. The zero-order valence-electron chi connectivity index (χ0n) is 14.8. The van der Waals surface area contributed by atoms with Crippen LogP contribution in [0.3, 0.4) is 0 Å². The fourth-order valence-corrected chi connectivity index (χ4v) is 2.41. The van der Waals surface area contributed by atoms with Crippen LogP contribution in [-0.4, -0.2) is 47.3 Å². The molecule has 0 atom stereocenters. The lowest BCUT2D eigenvalue weighted by atomic mass is 10.2. The van der Waals surface area contributed by atoms with Gasteiger partial charge in [-0.15, -0.1) is 5.11 Å². The highest BCUT2D eigenvalue weighted by molar-refractivity contribution is 5.77. The molecule has 3 N–H and O–H groups in total. The van der Waals surface area contributed by atoms with Crippen molar-refractivity contribution in [1.82, 2.24) is 15.4 Å². The smallest absolute Gasteiger partial charge is 0.305 e.